The molecule has 0 spiro atoms. The van der Waals surface area contributed by atoms with E-state index in [1.807, 2.05) is 29.7 Å². The van der Waals surface area contributed by atoms with Crippen LogP contribution in [0.25, 0.3) is 0 Å². The molecule has 2 aromatic rings. The maximum absolute atomic E-state index is 4.18. The zero-order valence-electron chi connectivity index (χ0n) is 11.6. The van der Waals surface area contributed by atoms with Gasteiger partial charge < -0.3 is 5.32 Å². The topological polar surface area (TPSA) is 29.9 Å². The molecular weight excluding hydrogens is 254 g/mol. The quantitative estimate of drug-likeness (QED) is 0.788. The van der Waals surface area contributed by atoms with E-state index in [4.69, 9.17) is 0 Å². The van der Waals surface area contributed by atoms with E-state index in [1.54, 1.807) is 0 Å². The van der Waals surface area contributed by atoms with Gasteiger partial charge in [0.05, 0.1) is 0 Å². The van der Waals surface area contributed by atoms with Gasteiger partial charge in [0, 0.05) is 36.1 Å². The van der Waals surface area contributed by atoms with E-state index in [0.717, 1.165) is 25.3 Å². The van der Waals surface area contributed by atoms with Crippen molar-refractivity contribution in [2.24, 2.45) is 7.05 Å². The number of aryl methyl sites for hydroxylation is 2. The summed E-state index contributed by atoms with van der Waals surface area (Å²) in [5, 5.41) is 7.52. The fourth-order valence-electron chi connectivity index (χ4n) is 1.89. The van der Waals surface area contributed by atoms with Crippen molar-refractivity contribution in [1.29, 1.82) is 0 Å². The molecule has 0 saturated carbocycles. The molecule has 1 heterocycles. The van der Waals surface area contributed by atoms with Crippen molar-refractivity contribution in [2.75, 3.05) is 12.3 Å². The molecule has 0 atom stereocenters. The minimum Gasteiger partial charge on any atom is -0.313 e. The van der Waals surface area contributed by atoms with Crippen molar-refractivity contribution in [2.45, 2.75) is 24.8 Å². The lowest BCUT2D eigenvalue weighted by Gasteiger charge is -2.05. The highest BCUT2D eigenvalue weighted by atomic mass is 32.2. The van der Waals surface area contributed by atoms with Crippen LogP contribution in [0.5, 0.6) is 0 Å². The fourth-order valence-corrected chi connectivity index (χ4v) is 2.77. The summed E-state index contributed by atoms with van der Waals surface area (Å²) in [6, 6.07) is 10.9. The average Bonchev–Trinajstić information content (AvgIpc) is 2.84. The maximum Gasteiger partial charge on any atom is 0.0492 e. The van der Waals surface area contributed by atoms with Crippen LogP contribution in [-0.4, -0.2) is 22.1 Å². The fraction of sp³-hybridized carbons (Fsp3) is 0.400. The molecule has 0 amide bonds. The van der Waals surface area contributed by atoms with Gasteiger partial charge in [0.2, 0.25) is 0 Å². The van der Waals surface area contributed by atoms with Crippen LogP contribution in [0.3, 0.4) is 0 Å². The molecular formula is C15H21N3S. The van der Waals surface area contributed by atoms with Gasteiger partial charge >= 0.3 is 0 Å². The Morgan fingerprint density at radius 1 is 1.21 bits per heavy atom. The SMILES string of the molecule is CCNCc1ccc(SCCc2ccnn2C)cc1. The second-order valence-corrected chi connectivity index (χ2v) is 5.64. The Hall–Kier alpha value is -1.26. The van der Waals surface area contributed by atoms with E-state index in [2.05, 4.69) is 47.7 Å². The van der Waals surface area contributed by atoms with E-state index < -0.39 is 0 Å². The highest BCUT2D eigenvalue weighted by molar-refractivity contribution is 7.99. The van der Waals surface area contributed by atoms with Crippen molar-refractivity contribution in [3.8, 4) is 0 Å². The Balaban J connectivity index is 1.78. The minimum absolute atomic E-state index is 0.955. The third-order valence-corrected chi connectivity index (χ3v) is 4.07. The first-order chi connectivity index (χ1) is 9.29. The average molecular weight is 275 g/mol. The summed E-state index contributed by atoms with van der Waals surface area (Å²) < 4.78 is 1.94. The molecule has 1 aromatic heterocycles. The molecule has 1 N–H and O–H groups in total. The smallest absolute Gasteiger partial charge is 0.0492 e. The zero-order chi connectivity index (χ0) is 13.5. The molecule has 0 fully saturated rings. The molecule has 0 bridgehead atoms. The number of aromatic nitrogens is 2. The molecule has 0 aliphatic heterocycles. The Morgan fingerprint density at radius 2 is 2.00 bits per heavy atom. The highest BCUT2D eigenvalue weighted by Gasteiger charge is 2.00. The largest absolute Gasteiger partial charge is 0.313 e. The predicted octanol–water partition coefficient (Wildman–Crippen LogP) is 2.86. The summed E-state index contributed by atoms with van der Waals surface area (Å²) in [6.45, 7) is 4.10. The number of hydrogen-bond acceptors (Lipinski definition) is 3. The van der Waals surface area contributed by atoms with Gasteiger partial charge in [-0.15, -0.1) is 11.8 Å². The standard InChI is InChI=1S/C15H21N3S/c1-3-16-12-13-4-6-15(7-5-13)19-11-9-14-8-10-17-18(14)2/h4-8,10,16H,3,9,11-12H2,1-2H3. The van der Waals surface area contributed by atoms with Crippen LogP contribution in [0.2, 0.25) is 0 Å². The van der Waals surface area contributed by atoms with E-state index in [9.17, 15) is 0 Å². The monoisotopic (exact) mass is 275 g/mol. The molecule has 102 valence electrons. The molecule has 0 aliphatic carbocycles. The Kier molecular flexibility index (Phi) is 5.48. The Bertz CT molecular complexity index is 490. The number of rotatable bonds is 7. The number of benzene rings is 1. The lowest BCUT2D eigenvalue weighted by atomic mass is 10.2. The van der Waals surface area contributed by atoms with Gasteiger partial charge in [-0.3, -0.25) is 4.68 Å². The van der Waals surface area contributed by atoms with Crippen molar-refractivity contribution >= 4 is 11.8 Å². The van der Waals surface area contributed by atoms with Gasteiger partial charge in [0.15, 0.2) is 0 Å². The molecule has 0 unspecified atom stereocenters. The molecule has 2 rings (SSSR count). The van der Waals surface area contributed by atoms with E-state index in [0.29, 0.717) is 0 Å². The van der Waals surface area contributed by atoms with Crippen LogP contribution >= 0.6 is 11.8 Å². The first kappa shape index (κ1) is 14.2. The number of nitrogens with one attached hydrogen (secondary N) is 1. The molecule has 0 aliphatic rings. The Labute approximate surface area is 119 Å². The Morgan fingerprint density at radius 3 is 2.63 bits per heavy atom. The lowest BCUT2D eigenvalue weighted by Crippen LogP contribution is -2.11. The van der Waals surface area contributed by atoms with Gasteiger partial charge in [0.25, 0.3) is 0 Å². The number of hydrogen-bond donors (Lipinski definition) is 1. The van der Waals surface area contributed by atoms with Gasteiger partial charge in [-0.25, -0.2) is 0 Å². The van der Waals surface area contributed by atoms with Crippen LogP contribution < -0.4 is 5.32 Å². The highest BCUT2D eigenvalue weighted by Crippen LogP contribution is 2.19. The second-order valence-electron chi connectivity index (χ2n) is 4.47. The van der Waals surface area contributed by atoms with Gasteiger partial charge in [0.1, 0.15) is 0 Å². The minimum atomic E-state index is 0.955. The van der Waals surface area contributed by atoms with Crippen molar-refractivity contribution < 1.29 is 0 Å². The van der Waals surface area contributed by atoms with Crippen LogP contribution in [0, 0.1) is 0 Å². The first-order valence-corrected chi connectivity index (χ1v) is 7.67. The van der Waals surface area contributed by atoms with E-state index >= 15 is 0 Å². The molecule has 0 saturated heterocycles. The van der Waals surface area contributed by atoms with Crippen molar-refractivity contribution in [1.82, 2.24) is 15.1 Å². The van der Waals surface area contributed by atoms with Gasteiger partial charge in [-0.05, 0) is 36.7 Å². The van der Waals surface area contributed by atoms with E-state index in [-0.39, 0.29) is 0 Å². The third kappa shape index (κ3) is 4.40. The van der Waals surface area contributed by atoms with Crippen molar-refractivity contribution in [3.63, 3.8) is 0 Å². The van der Waals surface area contributed by atoms with Crippen molar-refractivity contribution in [3.05, 3.63) is 47.8 Å². The zero-order valence-corrected chi connectivity index (χ0v) is 12.4. The normalized spacial score (nSPS) is 10.8. The summed E-state index contributed by atoms with van der Waals surface area (Å²) in [6.07, 6.45) is 2.91. The molecule has 19 heavy (non-hydrogen) atoms. The first-order valence-electron chi connectivity index (χ1n) is 6.69. The third-order valence-electron chi connectivity index (χ3n) is 3.05. The van der Waals surface area contributed by atoms with Crippen LogP contribution in [0.15, 0.2) is 41.4 Å². The summed E-state index contributed by atoms with van der Waals surface area (Å²) in [7, 11) is 2.00. The molecule has 3 nitrogen and oxygen atoms in total. The molecule has 1 aromatic carbocycles. The number of nitrogens with zero attached hydrogens (tertiary/aromatic N) is 2. The summed E-state index contributed by atoms with van der Waals surface area (Å²) in [4.78, 5) is 1.34. The second kappa shape index (κ2) is 7.36. The maximum atomic E-state index is 4.18. The lowest BCUT2D eigenvalue weighted by molar-refractivity contribution is 0.719. The van der Waals surface area contributed by atoms with Crippen LogP contribution in [-0.2, 0) is 20.0 Å². The van der Waals surface area contributed by atoms with Crippen LogP contribution in [0.4, 0.5) is 0 Å². The summed E-state index contributed by atoms with van der Waals surface area (Å²) in [5.74, 6) is 1.09. The number of thioether (sulfide) groups is 1. The van der Waals surface area contributed by atoms with Gasteiger partial charge in [-0.2, -0.15) is 5.10 Å². The predicted molar refractivity (Wildman–Crippen MR) is 81.5 cm³/mol. The summed E-state index contributed by atoms with van der Waals surface area (Å²) >= 11 is 1.90. The van der Waals surface area contributed by atoms with Crippen LogP contribution in [0.1, 0.15) is 18.2 Å². The van der Waals surface area contributed by atoms with Gasteiger partial charge in [-0.1, -0.05) is 19.1 Å². The molecule has 4 heteroatoms. The molecule has 0 radical (unpaired) electrons. The van der Waals surface area contributed by atoms with E-state index in [1.165, 1.54) is 16.2 Å². The summed E-state index contributed by atoms with van der Waals surface area (Å²) in [5.41, 5.74) is 2.63.